The van der Waals surface area contributed by atoms with Crippen molar-refractivity contribution in [2.45, 2.75) is 27.4 Å². The van der Waals surface area contributed by atoms with Crippen molar-refractivity contribution in [2.75, 3.05) is 7.11 Å². The fraction of sp³-hybridized carbons (Fsp3) is 0.263. The lowest BCUT2D eigenvalue weighted by Gasteiger charge is -2.11. The van der Waals surface area contributed by atoms with Gasteiger partial charge in [-0.3, -0.25) is 4.79 Å². The Morgan fingerprint density at radius 2 is 1.61 bits per heavy atom. The van der Waals surface area contributed by atoms with Crippen molar-refractivity contribution in [1.29, 1.82) is 0 Å². The molecule has 2 aromatic carbocycles. The lowest BCUT2D eigenvalue weighted by atomic mass is 10.0. The molecule has 0 N–H and O–H groups in total. The molecule has 0 atom stereocenters. The Morgan fingerprint density at radius 3 is 2.22 bits per heavy atom. The van der Waals surface area contributed by atoms with Crippen molar-refractivity contribution < 1.29 is 14.4 Å². The van der Waals surface area contributed by atoms with Crippen LogP contribution in [0.5, 0.6) is 5.75 Å². The molecule has 23 heavy (non-hydrogen) atoms. The summed E-state index contributed by atoms with van der Waals surface area (Å²) in [5, 5.41) is 3.82. The second kappa shape index (κ2) is 10.2. The van der Waals surface area contributed by atoms with Crippen LogP contribution in [0.1, 0.15) is 31.9 Å². The summed E-state index contributed by atoms with van der Waals surface area (Å²) in [7, 11) is 1.42. The molecule has 4 heteroatoms. The second-order valence-electron chi connectivity index (χ2n) is 4.44. The number of ether oxygens (including phenoxy) is 1. The maximum absolute atomic E-state index is 11.7. The van der Waals surface area contributed by atoms with Gasteiger partial charge in [0, 0.05) is 12.5 Å². The number of Topliss-reactive ketones (excluding diaryl/α,β-unsaturated/α-hetero) is 1. The summed E-state index contributed by atoms with van der Waals surface area (Å²) in [6.07, 6.45) is 0. The first-order chi connectivity index (χ1) is 11.2. The van der Waals surface area contributed by atoms with Gasteiger partial charge in [0.25, 0.3) is 0 Å². The summed E-state index contributed by atoms with van der Waals surface area (Å²) in [5.41, 5.74) is 1.90. The second-order valence-corrected chi connectivity index (χ2v) is 4.44. The zero-order chi connectivity index (χ0) is 17.1. The number of nitrogens with zero attached hydrogens (tertiary/aromatic N) is 1. The van der Waals surface area contributed by atoms with E-state index in [1.807, 2.05) is 68.4 Å². The molecule has 0 spiro atoms. The minimum absolute atomic E-state index is 0.149. The Labute approximate surface area is 137 Å². The smallest absolute Gasteiger partial charge is 0.182 e. The van der Waals surface area contributed by atoms with E-state index in [1.165, 1.54) is 14.0 Å². The molecule has 0 heterocycles. The van der Waals surface area contributed by atoms with Gasteiger partial charge >= 0.3 is 0 Å². The molecule has 122 valence electrons. The molecule has 2 aromatic rings. The van der Waals surface area contributed by atoms with Crippen LogP contribution >= 0.6 is 0 Å². The monoisotopic (exact) mass is 313 g/mol. The van der Waals surface area contributed by atoms with Gasteiger partial charge in [0.15, 0.2) is 11.5 Å². The number of benzene rings is 2. The van der Waals surface area contributed by atoms with E-state index in [0.717, 1.165) is 16.9 Å². The van der Waals surface area contributed by atoms with Crippen molar-refractivity contribution in [3.63, 3.8) is 0 Å². The fourth-order valence-electron chi connectivity index (χ4n) is 1.95. The largest absolute Gasteiger partial charge is 0.489 e. The Balaban J connectivity index is 0.00000127. The summed E-state index contributed by atoms with van der Waals surface area (Å²) in [4.78, 5) is 16.5. The Hall–Kier alpha value is -2.62. The number of para-hydroxylation sites is 1. The zero-order valence-corrected chi connectivity index (χ0v) is 14.1. The van der Waals surface area contributed by atoms with Gasteiger partial charge in [0.05, 0.1) is 0 Å². The lowest BCUT2D eigenvalue weighted by Crippen LogP contribution is -2.15. The first-order valence-electron chi connectivity index (χ1n) is 7.60. The molecule has 0 aliphatic carbocycles. The first kappa shape index (κ1) is 18.4. The number of hydrogen-bond donors (Lipinski definition) is 0. The summed E-state index contributed by atoms with van der Waals surface area (Å²) in [5.74, 6) is 0.629. The molecule has 0 radical (unpaired) electrons. The van der Waals surface area contributed by atoms with Gasteiger partial charge in [-0.25, -0.2) is 0 Å². The minimum Gasteiger partial charge on any atom is -0.489 e. The van der Waals surface area contributed by atoms with Gasteiger partial charge in [0.1, 0.15) is 19.5 Å². The van der Waals surface area contributed by atoms with E-state index in [2.05, 4.69) is 5.16 Å². The highest BCUT2D eigenvalue weighted by Gasteiger charge is 2.14. The highest BCUT2D eigenvalue weighted by atomic mass is 16.6. The summed E-state index contributed by atoms with van der Waals surface area (Å²) in [6, 6.07) is 17.0. The predicted octanol–water partition coefficient (Wildman–Crippen LogP) is 4.23. The minimum atomic E-state index is -0.149. The molecular formula is C19H23NO3. The number of carbonyl (C=O) groups excluding carboxylic acids is 1. The van der Waals surface area contributed by atoms with Crippen LogP contribution in [-0.2, 0) is 16.2 Å². The Bertz CT molecular complexity index is 636. The molecule has 0 aromatic heterocycles. The average molecular weight is 313 g/mol. The van der Waals surface area contributed by atoms with Gasteiger partial charge in [-0.05, 0) is 17.7 Å². The van der Waals surface area contributed by atoms with E-state index >= 15 is 0 Å². The normalized spacial score (nSPS) is 10.3. The predicted molar refractivity (Wildman–Crippen MR) is 92.8 cm³/mol. The maximum Gasteiger partial charge on any atom is 0.182 e. The van der Waals surface area contributed by atoms with Crippen LogP contribution in [0.4, 0.5) is 0 Å². The molecule has 0 saturated heterocycles. The molecule has 0 bridgehead atoms. The number of rotatable bonds is 6. The van der Waals surface area contributed by atoms with Crippen LogP contribution in [0.25, 0.3) is 0 Å². The highest BCUT2D eigenvalue weighted by molar-refractivity contribution is 6.45. The quantitative estimate of drug-likeness (QED) is 0.592. The topological polar surface area (TPSA) is 47.9 Å². The van der Waals surface area contributed by atoms with Gasteiger partial charge in [0.2, 0.25) is 0 Å². The highest BCUT2D eigenvalue weighted by Crippen LogP contribution is 2.16. The summed E-state index contributed by atoms with van der Waals surface area (Å²) in [6.45, 7) is 5.82. The molecule has 4 nitrogen and oxygen atoms in total. The average Bonchev–Trinajstić information content (AvgIpc) is 2.61. The first-order valence-corrected chi connectivity index (χ1v) is 7.60. The third kappa shape index (κ3) is 5.58. The summed E-state index contributed by atoms with van der Waals surface area (Å²) < 4.78 is 5.73. The van der Waals surface area contributed by atoms with E-state index in [1.54, 1.807) is 0 Å². The summed E-state index contributed by atoms with van der Waals surface area (Å²) >= 11 is 0. The number of hydrogen-bond acceptors (Lipinski definition) is 4. The Morgan fingerprint density at radius 1 is 1.00 bits per heavy atom. The van der Waals surface area contributed by atoms with E-state index in [9.17, 15) is 4.79 Å². The molecular weight excluding hydrogens is 290 g/mol. The molecule has 0 aliphatic rings. The van der Waals surface area contributed by atoms with Gasteiger partial charge in [-0.1, -0.05) is 61.5 Å². The zero-order valence-electron chi connectivity index (χ0n) is 14.1. The third-order valence-electron chi connectivity index (χ3n) is 2.93. The third-order valence-corrected chi connectivity index (χ3v) is 2.93. The van der Waals surface area contributed by atoms with E-state index in [0.29, 0.717) is 12.3 Å². The number of oxime groups is 1. The maximum atomic E-state index is 11.7. The molecule has 0 unspecified atom stereocenters. The van der Waals surface area contributed by atoms with Gasteiger partial charge in [-0.15, -0.1) is 0 Å². The van der Waals surface area contributed by atoms with Crippen LogP contribution < -0.4 is 4.74 Å². The van der Waals surface area contributed by atoms with Crippen LogP contribution in [0, 0.1) is 0 Å². The van der Waals surface area contributed by atoms with Crippen molar-refractivity contribution in [2.24, 2.45) is 5.16 Å². The van der Waals surface area contributed by atoms with E-state index < -0.39 is 0 Å². The molecule has 0 aliphatic heterocycles. The van der Waals surface area contributed by atoms with Crippen LogP contribution in [0.3, 0.4) is 0 Å². The van der Waals surface area contributed by atoms with Crippen LogP contribution in [0.2, 0.25) is 0 Å². The van der Waals surface area contributed by atoms with Crippen molar-refractivity contribution >= 4 is 11.5 Å². The molecule has 2 rings (SSSR count). The van der Waals surface area contributed by atoms with Crippen molar-refractivity contribution in [3.8, 4) is 5.75 Å². The van der Waals surface area contributed by atoms with E-state index in [4.69, 9.17) is 9.57 Å². The van der Waals surface area contributed by atoms with Crippen LogP contribution in [0.15, 0.2) is 59.8 Å². The standard InChI is InChI=1S/C17H17NO3.C2H6/c1-13(19)17(18-20-2)16-11-7-6-8-14(16)12-21-15-9-4-3-5-10-15;1-2/h3-11H,12H2,1-2H3;1-2H3/b18-17+;. The SMILES string of the molecule is CC.CO/N=C(\C(C)=O)c1ccccc1COc1ccccc1. The molecule has 0 fully saturated rings. The molecule has 0 saturated carbocycles. The lowest BCUT2D eigenvalue weighted by molar-refractivity contribution is -0.111. The number of ketones is 1. The van der Waals surface area contributed by atoms with Gasteiger partial charge in [-0.2, -0.15) is 0 Å². The van der Waals surface area contributed by atoms with Crippen molar-refractivity contribution in [3.05, 3.63) is 65.7 Å². The van der Waals surface area contributed by atoms with E-state index in [-0.39, 0.29) is 5.78 Å². The number of carbonyl (C=O) groups is 1. The fourth-order valence-corrected chi connectivity index (χ4v) is 1.95. The molecule has 0 amide bonds. The Kier molecular flexibility index (Phi) is 8.14. The van der Waals surface area contributed by atoms with Crippen molar-refractivity contribution in [1.82, 2.24) is 0 Å². The van der Waals surface area contributed by atoms with Crippen LogP contribution in [-0.4, -0.2) is 18.6 Å². The van der Waals surface area contributed by atoms with Gasteiger partial charge < -0.3 is 9.57 Å².